The molecule has 1 aromatic heterocycles. The zero-order chi connectivity index (χ0) is 10.1. The summed E-state index contributed by atoms with van der Waals surface area (Å²) in [7, 11) is 0. The number of halogens is 1. The first-order valence-corrected chi connectivity index (χ1v) is 4.70. The van der Waals surface area contributed by atoms with Crippen molar-refractivity contribution in [3.63, 3.8) is 0 Å². The van der Waals surface area contributed by atoms with Gasteiger partial charge in [-0.25, -0.2) is 9.37 Å². The van der Waals surface area contributed by atoms with Gasteiger partial charge in [-0.2, -0.15) is 0 Å². The summed E-state index contributed by atoms with van der Waals surface area (Å²) in [4.78, 5) is 4.21. The fourth-order valence-corrected chi connectivity index (χ4v) is 1.40. The van der Waals surface area contributed by atoms with Gasteiger partial charge in [0.1, 0.15) is 5.52 Å². The topological polar surface area (TPSA) is 26.0 Å². The van der Waals surface area contributed by atoms with Crippen molar-refractivity contribution in [2.45, 2.75) is 20.3 Å². The third-order valence-corrected chi connectivity index (χ3v) is 1.99. The van der Waals surface area contributed by atoms with Crippen LogP contribution in [0.25, 0.3) is 11.1 Å². The molecule has 0 fully saturated rings. The Labute approximate surface area is 81.8 Å². The average molecular weight is 193 g/mol. The van der Waals surface area contributed by atoms with Crippen molar-refractivity contribution in [3.8, 4) is 0 Å². The zero-order valence-electron chi connectivity index (χ0n) is 8.25. The highest BCUT2D eigenvalue weighted by atomic mass is 19.1. The zero-order valence-corrected chi connectivity index (χ0v) is 8.25. The lowest BCUT2D eigenvalue weighted by Gasteiger charge is -1.96. The van der Waals surface area contributed by atoms with Gasteiger partial charge in [0.25, 0.3) is 0 Å². The number of aromatic nitrogens is 1. The number of hydrogen-bond donors (Lipinski definition) is 0. The highest BCUT2D eigenvalue weighted by Gasteiger charge is 2.10. The molecule has 74 valence electrons. The standard InChI is InChI=1S/C11H12FNO/c1-7(2)6-10-13-9-5-3-4-8(12)11(9)14-10/h3-5,7H,6H2,1-2H3. The lowest BCUT2D eigenvalue weighted by molar-refractivity contribution is 0.469. The number of fused-ring (bicyclic) bond motifs is 1. The molecular weight excluding hydrogens is 181 g/mol. The minimum atomic E-state index is -0.343. The molecule has 2 aromatic rings. The Hall–Kier alpha value is -1.38. The van der Waals surface area contributed by atoms with E-state index in [2.05, 4.69) is 18.8 Å². The SMILES string of the molecule is CC(C)Cc1nc2cccc(F)c2o1. The normalized spacial score (nSPS) is 11.4. The van der Waals surface area contributed by atoms with Crippen LogP contribution >= 0.6 is 0 Å². The summed E-state index contributed by atoms with van der Waals surface area (Å²) in [5.41, 5.74) is 0.865. The minimum Gasteiger partial charge on any atom is -0.438 e. The predicted molar refractivity (Wildman–Crippen MR) is 52.5 cm³/mol. The van der Waals surface area contributed by atoms with Crippen LogP contribution in [0.4, 0.5) is 4.39 Å². The summed E-state index contributed by atoms with van der Waals surface area (Å²) in [5.74, 6) is 0.733. The maximum absolute atomic E-state index is 13.2. The monoisotopic (exact) mass is 193 g/mol. The molecule has 0 aliphatic rings. The van der Waals surface area contributed by atoms with Crippen LogP contribution in [0.15, 0.2) is 22.6 Å². The van der Waals surface area contributed by atoms with E-state index < -0.39 is 0 Å². The predicted octanol–water partition coefficient (Wildman–Crippen LogP) is 3.17. The Morgan fingerprint density at radius 2 is 2.21 bits per heavy atom. The van der Waals surface area contributed by atoms with Gasteiger partial charge in [0, 0.05) is 6.42 Å². The average Bonchev–Trinajstić information content (AvgIpc) is 2.47. The molecule has 0 N–H and O–H groups in total. The first-order chi connectivity index (χ1) is 6.66. The lowest BCUT2D eigenvalue weighted by Crippen LogP contribution is -1.93. The quantitative estimate of drug-likeness (QED) is 0.732. The van der Waals surface area contributed by atoms with Crippen LogP contribution in [-0.4, -0.2) is 4.98 Å². The Kier molecular flexibility index (Phi) is 2.23. The highest BCUT2D eigenvalue weighted by molar-refractivity contribution is 5.72. The summed E-state index contributed by atoms with van der Waals surface area (Å²) < 4.78 is 18.5. The van der Waals surface area contributed by atoms with Crippen LogP contribution in [0.5, 0.6) is 0 Å². The third kappa shape index (κ3) is 1.62. The van der Waals surface area contributed by atoms with Gasteiger partial charge in [-0.1, -0.05) is 19.9 Å². The smallest absolute Gasteiger partial charge is 0.195 e. The van der Waals surface area contributed by atoms with Crippen LogP contribution in [-0.2, 0) is 6.42 Å². The van der Waals surface area contributed by atoms with Gasteiger partial charge < -0.3 is 4.42 Å². The molecule has 0 aliphatic heterocycles. The molecule has 1 aromatic carbocycles. The molecule has 0 amide bonds. The van der Waals surface area contributed by atoms with E-state index in [-0.39, 0.29) is 11.4 Å². The second kappa shape index (κ2) is 3.40. The summed E-state index contributed by atoms with van der Waals surface area (Å²) in [6.45, 7) is 4.15. The van der Waals surface area contributed by atoms with E-state index in [4.69, 9.17) is 4.42 Å². The Balaban J connectivity index is 2.46. The Morgan fingerprint density at radius 3 is 2.86 bits per heavy atom. The summed E-state index contributed by atoms with van der Waals surface area (Å²) in [6, 6.07) is 4.78. The molecule has 2 rings (SSSR count). The fourth-order valence-electron chi connectivity index (χ4n) is 1.40. The van der Waals surface area contributed by atoms with Crippen molar-refractivity contribution < 1.29 is 8.81 Å². The lowest BCUT2D eigenvalue weighted by atomic mass is 10.1. The van der Waals surface area contributed by atoms with E-state index >= 15 is 0 Å². The van der Waals surface area contributed by atoms with E-state index in [1.165, 1.54) is 6.07 Å². The third-order valence-electron chi connectivity index (χ3n) is 1.99. The van der Waals surface area contributed by atoms with Crippen molar-refractivity contribution in [3.05, 3.63) is 29.9 Å². The molecule has 2 nitrogen and oxygen atoms in total. The molecule has 0 bridgehead atoms. The minimum absolute atomic E-state index is 0.267. The van der Waals surface area contributed by atoms with Crippen LogP contribution < -0.4 is 0 Å². The van der Waals surface area contributed by atoms with Crippen LogP contribution in [0.1, 0.15) is 19.7 Å². The molecule has 3 heteroatoms. The van der Waals surface area contributed by atoms with E-state index in [9.17, 15) is 4.39 Å². The first-order valence-electron chi connectivity index (χ1n) is 4.70. The van der Waals surface area contributed by atoms with E-state index in [0.717, 1.165) is 6.42 Å². The van der Waals surface area contributed by atoms with E-state index in [0.29, 0.717) is 17.3 Å². The van der Waals surface area contributed by atoms with Gasteiger partial charge in [-0.3, -0.25) is 0 Å². The number of rotatable bonds is 2. The van der Waals surface area contributed by atoms with Gasteiger partial charge in [0.05, 0.1) is 0 Å². The van der Waals surface area contributed by atoms with Gasteiger partial charge >= 0.3 is 0 Å². The fraction of sp³-hybridized carbons (Fsp3) is 0.364. The van der Waals surface area contributed by atoms with Crippen molar-refractivity contribution >= 4 is 11.1 Å². The van der Waals surface area contributed by atoms with Crippen molar-refractivity contribution in [1.29, 1.82) is 0 Å². The number of hydrogen-bond acceptors (Lipinski definition) is 2. The number of benzene rings is 1. The van der Waals surface area contributed by atoms with Crippen LogP contribution in [0.3, 0.4) is 0 Å². The van der Waals surface area contributed by atoms with Crippen molar-refractivity contribution in [2.24, 2.45) is 5.92 Å². The first kappa shape index (κ1) is 9.19. The summed E-state index contributed by atoms with van der Waals surface area (Å²) in [6.07, 6.45) is 0.744. The van der Waals surface area contributed by atoms with Crippen molar-refractivity contribution in [2.75, 3.05) is 0 Å². The number of oxazole rings is 1. The molecular formula is C11H12FNO. The van der Waals surface area contributed by atoms with E-state index in [1.54, 1.807) is 12.1 Å². The summed E-state index contributed by atoms with van der Waals surface area (Å²) in [5, 5.41) is 0. The number of para-hydroxylation sites is 1. The second-order valence-corrected chi connectivity index (χ2v) is 3.79. The Bertz CT molecular complexity index is 447. The van der Waals surface area contributed by atoms with Crippen LogP contribution in [0, 0.1) is 11.7 Å². The molecule has 0 radical (unpaired) electrons. The van der Waals surface area contributed by atoms with E-state index in [1.807, 2.05) is 0 Å². The molecule has 1 heterocycles. The molecule has 0 saturated carbocycles. The highest BCUT2D eigenvalue weighted by Crippen LogP contribution is 2.20. The van der Waals surface area contributed by atoms with Crippen molar-refractivity contribution in [1.82, 2.24) is 4.98 Å². The van der Waals surface area contributed by atoms with Crippen LogP contribution in [0.2, 0.25) is 0 Å². The summed E-state index contributed by atoms with van der Waals surface area (Å²) >= 11 is 0. The number of nitrogens with zero attached hydrogens (tertiary/aromatic N) is 1. The molecule has 0 atom stereocenters. The van der Waals surface area contributed by atoms with Gasteiger partial charge in [0.15, 0.2) is 17.3 Å². The second-order valence-electron chi connectivity index (χ2n) is 3.79. The maximum Gasteiger partial charge on any atom is 0.195 e. The molecule has 0 saturated heterocycles. The largest absolute Gasteiger partial charge is 0.438 e. The maximum atomic E-state index is 13.2. The molecule has 0 aliphatic carbocycles. The van der Waals surface area contributed by atoms with Gasteiger partial charge in [-0.15, -0.1) is 0 Å². The molecule has 14 heavy (non-hydrogen) atoms. The molecule has 0 unspecified atom stereocenters. The Morgan fingerprint density at radius 1 is 1.43 bits per heavy atom. The molecule has 0 spiro atoms. The van der Waals surface area contributed by atoms with Gasteiger partial charge in [-0.05, 0) is 18.1 Å². The van der Waals surface area contributed by atoms with Gasteiger partial charge in [0.2, 0.25) is 0 Å².